The van der Waals surface area contributed by atoms with Gasteiger partial charge in [-0.3, -0.25) is 9.59 Å². The van der Waals surface area contributed by atoms with Crippen LogP contribution in [-0.2, 0) is 28.7 Å². The number of nitrogens with zero attached hydrogens (tertiary/aromatic N) is 5. The van der Waals surface area contributed by atoms with Gasteiger partial charge in [0.25, 0.3) is 5.56 Å². The molecule has 0 aliphatic carbocycles. The molecule has 6 rings (SSSR count). The minimum atomic E-state index is -4.56. The van der Waals surface area contributed by atoms with Crippen LogP contribution < -0.4 is 21.1 Å². The minimum absolute atomic E-state index is 0.0494. The van der Waals surface area contributed by atoms with E-state index in [-0.39, 0.29) is 34.6 Å². The number of rotatable bonds is 6. The number of carbonyl (C=O) groups is 1. The fraction of sp³-hybridized carbons (Fsp3) is 0.481. The van der Waals surface area contributed by atoms with Crippen molar-refractivity contribution >= 4 is 40.2 Å². The lowest BCUT2D eigenvalue weighted by Crippen LogP contribution is -2.65. The quantitative estimate of drug-likeness (QED) is 0.453. The van der Waals surface area contributed by atoms with Crippen LogP contribution in [0.25, 0.3) is 11.4 Å². The number of fused-ring (bicyclic) bond motifs is 2. The van der Waals surface area contributed by atoms with E-state index in [0.29, 0.717) is 49.2 Å². The number of alkyl halides is 3. The predicted octanol–water partition coefficient (Wildman–Crippen LogP) is 3.37. The van der Waals surface area contributed by atoms with Crippen molar-refractivity contribution < 1.29 is 22.7 Å². The summed E-state index contributed by atoms with van der Waals surface area (Å²) in [6.45, 7) is 5.02. The van der Waals surface area contributed by atoms with Gasteiger partial charge in [-0.2, -0.15) is 22.7 Å². The van der Waals surface area contributed by atoms with Gasteiger partial charge in [0, 0.05) is 19.1 Å². The first-order valence-electron chi connectivity index (χ1n) is 13.6. The highest BCUT2D eigenvalue weighted by atomic mass is 35.5. The van der Waals surface area contributed by atoms with Crippen LogP contribution >= 0.6 is 11.6 Å². The highest BCUT2D eigenvalue weighted by Gasteiger charge is 2.43. The van der Waals surface area contributed by atoms with Gasteiger partial charge in [0.15, 0.2) is 5.82 Å². The van der Waals surface area contributed by atoms with Crippen molar-refractivity contribution in [3.05, 3.63) is 56.7 Å². The Labute approximate surface area is 238 Å². The van der Waals surface area contributed by atoms with E-state index >= 15 is 0 Å². The molecule has 0 bridgehead atoms. The molecule has 2 aromatic heterocycles. The zero-order valence-corrected chi connectivity index (χ0v) is 23.1. The molecule has 5 heterocycles. The zero-order chi connectivity index (χ0) is 28.9. The van der Waals surface area contributed by atoms with Crippen LogP contribution in [0.5, 0.6) is 0 Å². The van der Waals surface area contributed by atoms with E-state index in [1.165, 1.54) is 4.52 Å². The lowest BCUT2D eigenvalue weighted by Gasteiger charge is -2.52. The van der Waals surface area contributed by atoms with Gasteiger partial charge < -0.3 is 24.8 Å². The first-order chi connectivity index (χ1) is 19.7. The Morgan fingerprint density at radius 3 is 2.83 bits per heavy atom. The van der Waals surface area contributed by atoms with Crippen molar-refractivity contribution in [1.82, 2.24) is 24.5 Å². The van der Waals surface area contributed by atoms with Crippen molar-refractivity contribution in [2.24, 2.45) is 5.92 Å². The maximum Gasteiger partial charge on any atom is 0.416 e. The first kappa shape index (κ1) is 27.7. The summed E-state index contributed by atoms with van der Waals surface area (Å²) in [6, 6.07) is 2.92. The number of piperidine rings is 1. The van der Waals surface area contributed by atoms with Crippen LogP contribution in [-0.4, -0.2) is 64.0 Å². The topological polar surface area (TPSA) is 106 Å². The van der Waals surface area contributed by atoms with Crippen LogP contribution in [0.15, 0.2) is 29.1 Å². The third-order valence-corrected chi connectivity index (χ3v) is 8.30. The number of hydrogen-bond donors (Lipinski definition) is 2. The molecule has 2 N–H and O–H groups in total. The predicted molar refractivity (Wildman–Crippen MR) is 147 cm³/mol. The van der Waals surface area contributed by atoms with Crippen LogP contribution in [0.4, 0.5) is 24.5 Å². The fourth-order valence-corrected chi connectivity index (χ4v) is 6.10. The SMILES string of the molecule is CCc1c(N2CC3CCNCC32)c(=O)n2nc(C3=CCOCC3)nc2n1CC(=O)Nc1ccc(C(F)(F)F)cc1Cl. The summed E-state index contributed by atoms with van der Waals surface area (Å²) in [5, 5.41) is 10.3. The van der Waals surface area contributed by atoms with Gasteiger partial charge in [-0.15, -0.1) is 5.10 Å². The molecular formula is C27H29ClF3N7O3. The summed E-state index contributed by atoms with van der Waals surface area (Å²) >= 11 is 6.09. The standard InChI is InChI=1S/C27H29ClF3N7O3/c1-2-20-23(36-13-16-5-8-32-12-21(16)36)25(40)38-26(34-24(35-38)15-6-9-41-10-7-15)37(20)14-22(39)33-19-4-3-17(11-18(19)28)27(29,30)31/h3-4,6,11,16,21,32H,2,5,7-10,12-14H2,1H3,(H,33,39). The van der Waals surface area contributed by atoms with Crippen LogP contribution in [0.2, 0.25) is 5.02 Å². The van der Waals surface area contributed by atoms with Gasteiger partial charge in [-0.05, 0) is 55.5 Å². The lowest BCUT2D eigenvalue weighted by molar-refractivity contribution is -0.137. The summed E-state index contributed by atoms with van der Waals surface area (Å²) < 4.78 is 47.6. The Bertz CT molecular complexity index is 1600. The third kappa shape index (κ3) is 5.10. The van der Waals surface area contributed by atoms with Crippen molar-refractivity contribution in [2.75, 3.05) is 43.1 Å². The Kier molecular flexibility index (Phi) is 7.28. The number of carbonyl (C=O) groups excluding carboxylic acids is 1. The average Bonchev–Trinajstić information content (AvgIpc) is 3.39. The number of halogens is 4. The Balaban J connectivity index is 1.41. The summed E-state index contributed by atoms with van der Waals surface area (Å²) in [5.41, 5.74) is 0.821. The molecule has 3 aliphatic rings. The maximum atomic E-state index is 13.9. The number of benzene rings is 1. The first-order valence-corrected chi connectivity index (χ1v) is 14.0. The molecule has 2 atom stereocenters. The smallest absolute Gasteiger partial charge is 0.377 e. The molecule has 1 aromatic carbocycles. The number of nitrogens with one attached hydrogen (secondary N) is 2. The second-order valence-electron chi connectivity index (χ2n) is 10.5. The molecule has 14 heteroatoms. The van der Waals surface area contributed by atoms with Gasteiger partial charge in [0.2, 0.25) is 11.7 Å². The molecule has 10 nitrogen and oxygen atoms in total. The van der Waals surface area contributed by atoms with Gasteiger partial charge in [-0.1, -0.05) is 24.6 Å². The molecule has 0 saturated carbocycles. The monoisotopic (exact) mass is 591 g/mol. The van der Waals surface area contributed by atoms with Crippen LogP contribution in [0, 0.1) is 5.92 Å². The van der Waals surface area contributed by atoms with Gasteiger partial charge >= 0.3 is 6.18 Å². The molecule has 0 radical (unpaired) electrons. The molecule has 3 aromatic rings. The van der Waals surface area contributed by atoms with E-state index in [1.807, 2.05) is 13.0 Å². The van der Waals surface area contributed by atoms with Crippen molar-refractivity contribution in [3.63, 3.8) is 0 Å². The van der Waals surface area contributed by atoms with Crippen molar-refractivity contribution in [2.45, 2.75) is 44.9 Å². The zero-order valence-electron chi connectivity index (χ0n) is 22.3. The van der Waals surface area contributed by atoms with E-state index in [0.717, 1.165) is 49.8 Å². The normalized spacial score (nSPS) is 20.9. The largest absolute Gasteiger partial charge is 0.416 e. The third-order valence-electron chi connectivity index (χ3n) is 7.99. The number of anilines is 2. The maximum absolute atomic E-state index is 13.9. The number of aromatic nitrogens is 4. The second kappa shape index (κ2) is 10.8. The second-order valence-corrected chi connectivity index (χ2v) is 10.9. The lowest BCUT2D eigenvalue weighted by atomic mass is 9.82. The van der Waals surface area contributed by atoms with E-state index in [4.69, 9.17) is 16.3 Å². The molecule has 2 unspecified atom stereocenters. The average molecular weight is 592 g/mol. The van der Waals surface area contributed by atoms with Gasteiger partial charge in [0.1, 0.15) is 12.2 Å². The Morgan fingerprint density at radius 2 is 2.15 bits per heavy atom. The summed E-state index contributed by atoms with van der Waals surface area (Å²) in [6.07, 6.45) is -0.627. The van der Waals surface area contributed by atoms with E-state index in [1.54, 1.807) is 4.57 Å². The number of amides is 1. The molecule has 3 aliphatic heterocycles. The molecule has 218 valence electrons. The van der Waals surface area contributed by atoms with Crippen LogP contribution in [0.3, 0.4) is 0 Å². The number of hydrogen-bond acceptors (Lipinski definition) is 7. The molecule has 0 spiro atoms. The molecule has 1 amide bonds. The molecule has 41 heavy (non-hydrogen) atoms. The van der Waals surface area contributed by atoms with Gasteiger partial charge in [0.05, 0.1) is 35.2 Å². The molecule has 2 saturated heterocycles. The van der Waals surface area contributed by atoms with E-state index < -0.39 is 17.6 Å². The highest BCUT2D eigenvalue weighted by Crippen LogP contribution is 2.36. The minimum Gasteiger partial charge on any atom is -0.377 e. The van der Waals surface area contributed by atoms with Crippen molar-refractivity contribution in [1.29, 1.82) is 0 Å². The molecule has 2 fully saturated rings. The van der Waals surface area contributed by atoms with Gasteiger partial charge in [-0.25, -0.2) is 0 Å². The number of ether oxygens (including phenoxy) is 1. The summed E-state index contributed by atoms with van der Waals surface area (Å²) in [7, 11) is 0. The fourth-order valence-electron chi connectivity index (χ4n) is 5.87. The Hall–Kier alpha value is -3.42. The van der Waals surface area contributed by atoms with Crippen LogP contribution in [0.1, 0.15) is 36.8 Å². The summed E-state index contributed by atoms with van der Waals surface area (Å²) in [4.78, 5) is 34.0. The van der Waals surface area contributed by atoms with E-state index in [2.05, 4.69) is 25.6 Å². The Morgan fingerprint density at radius 1 is 1.32 bits per heavy atom. The summed E-state index contributed by atoms with van der Waals surface area (Å²) in [5.74, 6) is 0.553. The molecular weight excluding hydrogens is 563 g/mol. The van der Waals surface area contributed by atoms with E-state index in [9.17, 15) is 22.8 Å². The highest BCUT2D eigenvalue weighted by molar-refractivity contribution is 6.33. The van der Waals surface area contributed by atoms with Crippen molar-refractivity contribution in [3.8, 4) is 0 Å².